The Morgan fingerprint density at radius 1 is 0.963 bits per heavy atom. The molecule has 0 aliphatic heterocycles. The van der Waals surface area contributed by atoms with Crippen LogP contribution >= 0.6 is 11.6 Å². The molecule has 0 spiro atoms. The third-order valence-corrected chi connectivity index (χ3v) is 7.48. The monoisotopic (exact) mass is 379 g/mol. The smallest absolute Gasteiger partial charge is 0.255 e. The van der Waals surface area contributed by atoms with Gasteiger partial charge in [0, 0.05) is 16.3 Å². The molecule has 0 atom stereocenters. The average molecular weight is 380 g/mol. The molecule has 140 valence electrons. The van der Waals surface area contributed by atoms with E-state index in [-0.39, 0.29) is 5.91 Å². The third kappa shape index (κ3) is 3.08. The molecule has 0 aromatic heterocycles. The minimum absolute atomic E-state index is 0.0858. The second-order valence-corrected chi connectivity index (χ2v) is 9.63. The Morgan fingerprint density at radius 2 is 1.56 bits per heavy atom. The standard InChI is InChI=1S/C24H26ClNO/c1-15-8-20(24-12-16-9-17(13-24)11-18(10-16)14-24)4-7-22(15)26-23(27)19-2-5-21(25)6-3-19/h2-8,16-18H,9-14H2,1H3,(H,26,27). The largest absolute Gasteiger partial charge is 0.322 e. The van der Waals surface area contributed by atoms with Crippen LogP contribution in [-0.2, 0) is 5.41 Å². The first-order valence-corrected chi connectivity index (χ1v) is 10.6. The number of carbonyl (C=O) groups is 1. The van der Waals surface area contributed by atoms with Crippen molar-refractivity contribution in [3.63, 3.8) is 0 Å². The van der Waals surface area contributed by atoms with Crippen LogP contribution in [0.3, 0.4) is 0 Å². The predicted octanol–water partition coefficient (Wildman–Crippen LogP) is 6.37. The SMILES string of the molecule is Cc1cc(C23CC4CC(CC(C4)C2)C3)ccc1NC(=O)c1ccc(Cl)cc1. The van der Waals surface area contributed by atoms with Crippen LogP contribution in [0.4, 0.5) is 5.69 Å². The highest BCUT2D eigenvalue weighted by molar-refractivity contribution is 6.30. The number of benzene rings is 2. The molecule has 3 heteroatoms. The van der Waals surface area contributed by atoms with Crippen LogP contribution in [0.2, 0.25) is 5.02 Å². The summed E-state index contributed by atoms with van der Waals surface area (Å²) < 4.78 is 0. The topological polar surface area (TPSA) is 29.1 Å². The van der Waals surface area contributed by atoms with Gasteiger partial charge in [0.15, 0.2) is 0 Å². The van der Waals surface area contributed by atoms with E-state index >= 15 is 0 Å². The van der Waals surface area contributed by atoms with Gasteiger partial charge in [0.2, 0.25) is 0 Å². The van der Waals surface area contributed by atoms with E-state index in [9.17, 15) is 4.79 Å². The van der Waals surface area contributed by atoms with Crippen LogP contribution in [0.25, 0.3) is 0 Å². The molecule has 6 rings (SSSR count). The molecule has 4 aliphatic rings. The van der Waals surface area contributed by atoms with E-state index in [0.717, 1.165) is 29.0 Å². The maximum absolute atomic E-state index is 12.5. The van der Waals surface area contributed by atoms with Gasteiger partial charge in [0.25, 0.3) is 5.91 Å². The summed E-state index contributed by atoms with van der Waals surface area (Å²) in [5.41, 5.74) is 4.60. The Labute approximate surface area is 166 Å². The van der Waals surface area contributed by atoms with Crippen LogP contribution in [0, 0.1) is 24.7 Å². The number of hydrogen-bond acceptors (Lipinski definition) is 1. The van der Waals surface area contributed by atoms with Gasteiger partial charge in [0.1, 0.15) is 0 Å². The first-order valence-electron chi connectivity index (χ1n) is 10.2. The zero-order valence-electron chi connectivity index (χ0n) is 15.8. The summed E-state index contributed by atoms with van der Waals surface area (Å²) in [6.07, 6.45) is 8.51. The lowest BCUT2D eigenvalue weighted by atomic mass is 9.48. The molecule has 1 N–H and O–H groups in total. The van der Waals surface area contributed by atoms with Crippen LogP contribution in [-0.4, -0.2) is 5.91 Å². The maximum Gasteiger partial charge on any atom is 0.255 e. The Kier molecular flexibility index (Phi) is 4.09. The molecule has 2 aromatic carbocycles. The molecule has 27 heavy (non-hydrogen) atoms. The van der Waals surface area contributed by atoms with Gasteiger partial charge in [-0.15, -0.1) is 0 Å². The lowest BCUT2D eigenvalue weighted by Crippen LogP contribution is -2.48. The molecule has 0 unspecified atom stereocenters. The summed E-state index contributed by atoms with van der Waals surface area (Å²) in [5, 5.41) is 3.71. The summed E-state index contributed by atoms with van der Waals surface area (Å²) in [6, 6.07) is 13.7. The van der Waals surface area contributed by atoms with Crippen molar-refractivity contribution in [3.8, 4) is 0 Å². The van der Waals surface area contributed by atoms with E-state index in [1.165, 1.54) is 44.1 Å². The quantitative estimate of drug-likeness (QED) is 0.659. The van der Waals surface area contributed by atoms with E-state index in [1.807, 2.05) is 0 Å². The van der Waals surface area contributed by atoms with Gasteiger partial charge in [-0.3, -0.25) is 4.79 Å². The minimum atomic E-state index is -0.0858. The van der Waals surface area contributed by atoms with Gasteiger partial charge in [0.05, 0.1) is 0 Å². The van der Waals surface area contributed by atoms with Crippen molar-refractivity contribution in [2.24, 2.45) is 17.8 Å². The highest BCUT2D eigenvalue weighted by atomic mass is 35.5. The second-order valence-electron chi connectivity index (χ2n) is 9.19. The van der Waals surface area contributed by atoms with E-state index in [0.29, 0.717) is 16.0 Å². The van der Waals surface area contributed by atoms with Gasteiger partial charge in [-0.2, -0.15) is 0 Å². The summed E-state index contributed by atoms with van der Waals surface area (Å²) in [6.45, 7) is 2.11. The fourth-order valence-electron chi connectivity index (χ4n) is 6.39. The molecular weight excluding hydrogens is 354 g/mol. The highest BCUT2D eigenvalue weighted by Gasteiger charge is 2.51. The van der Waals surface area contributed by atoms with Gasteiger partial charge in [-0.1, -0.05) is 23.7 Å². The lowest BCUT2D eigenvalue weighted by molar-refractivity contribution is -0.00520. The van der Waals surface area contributed by atoms with Crippen molar-refractivity contribution in [1.82, 2.24) is 0 Å². The van der Waals surface area contributed by atoms with Crippen molar-refractivity contribution < 1.29 is 4.79 Å². The van der Waals surface area contributed by atoms with Crippen molar-refractivity contribution in [1.29, 1.82) is 0 Å². The number of hydrogen-bond donors (Lipinski definition) is 1. The van der Waals surface area contributed by atoms with Crippen molar-refractivity contribution in [2.45, 2.75) is 50.9 Å². The van der Waals surface area contributed by atoms with Crippen molar-refractivity contribution >= 4 is 23.2 Å². The zero-order valence-corrected chi connectivity index (χ0v) is 16.6. The summed E-state index contributed by atoms with van der Waals surface area (Å²) in [4.78, 5) is 12.5. The molecule has 4 saturated carbocycles. The van der Waals surface area contributed by atoms with Gasteiger partial charge >= 0.3 is 0 Å². The summed E-state index contributed by atoms with van der Waals surface area (Å²) in [7, 11) is 0. The predicted molar refractivity (Wildman–Crippen MR) is 110 cm³/mol. The fraction of sp³-hybridized carbons (Fsp3) is 0.458. The Balaban J connectivity index is 1.38. The average Bonchev–Trinajstić information content (AvgIpc) is 2.62. The number of nitrogens with one attached hydrogen (secondary N) is 1. The van der Waals surface area contributed by atoms with Gasteiger partial charge in [-0.25, -0.2) is 0 Å². The van der Waals surface area contributed by atoms with Crippen LogP contribution in [0.5, 0.6) is 0 Å². The van der Waals surface area contributed by atoms with Crippen LogP contribution < -0.4 is 5.32 Å². The molecule has 2 aromatic rings. The van der Waals surface area contributed by atoms with E-state index in [1.54, 1.807) is 24.3 Å². The number of amides is 1. The van der Waals surface area contributed by atoms with E-state index in [2.05, 4.69) is 30.4 Å². The molecule has 4 aliphatic carbocycles. The molecule has 4 fully saturated rings. The molecular formula is C24H26ClNO. The van der Waals surface area contributed by atoms with Crippen molar-refractivity contribution in [2.75, 3.05) is 5.32 Å². The van der Waals surface area contributed by atoms with Crippen LogP contribution in [0.1, 0.15) is 60.0 Å². The maximum atomic E-state index is 12.5. The normalized spacial score (nSPS) is 31.1. The number of rotatable bonds is 3. The molecule has 0 heterocycles. The van der Waals surface area contributed by atoms with Gasteiger partial charge in [-0.05, 0) is 110 Å². The number of carbonyl (C=O) groups excluding carboxylic acids is 1. The first-order chi connectivity index (χ1) is 13.0. The number of anilines is 1. The summed E-state index contributed by atoms with van der Waals surface area (Å²) >= 11 is 5.92. The zero-order chi connectivity index (χ0) is 18.6. The lowest BCUT2D eigenvalue weighted by Gasteiger charge is -2.57. The van der Waals surface area contributed by atoms with E-state index < -0.39 is 0 Å². The molecule has 2 nitrogen and oxygen atoms in total. The molecule has 1 amide bonds. The fourth-order valence-corrected chi connectivity index (χ4v) is 6.52. The Morgan fingerprint density at radius 3 is 2.11 bits per heavy atom. The Hall–Kier alpha value is -1.80. The van der Waals surface area contributed by atoms with Crippen molar-refractivity contribution in [3.05, 3.63) is 64.2 Å². The number of halogens is 1. The van der Waals surface area contributed by atoms with Gasteiger partial charge < -0.3 is 5.32 Å². The number of aryl methyl sites for hydroxylation is 1. The third-order valence-electron chi connectivity index (χ3n) is 7.23. The Bertz CT molecular complexity index is 850. The van der Waals surface area contributed by atoms with Crippen LogP contribution in [0.15, 0.2) is 42.5 Å². The first kappa shape index (κ1) is 17.3. The summed E-state index contributed by atoms with van der Waals surface area (Å²) in [5.74, 6) is 2.75. The second kappa shape index (κ2) is 6.38. The van der Waals surface area contributed by atoms with E-state index in [4.69, 9.17) is 11.6 Å². The molecule has 0 saturated heterocycles. The molecule has 0 radical (unpaired) electrons. The molecule has 4 bridgehead atoms. The highest BCUT2D eigenvalue weighted by Crippen LogP contribution is 2.60. The minimum Gasteiger partial charge on any atom is -0.322 e.